The van der Waals surface area contributed by atoms with E-state index in [9.17, 15) is 0 Å². The summed E-state index contributed by atoms with van der Waals surface area (Å²) in [6.45, 7) is 32.7. The maximum absolute atomic E-state index is 4.81. The van der Waals surface area contributed by atoms with Crippen molar-refractivity contribution in [3.05, 3.63) is 117 Å². The lowest BCUT2D eigenvalue weighted by atomic mass is 9.41. The van der Waals surface area contributed by atoms with Crippen molar-refractivity contribution in [2.75, 3.05) is 0 Å². The smallest absolute Gasteiger partial charge is 0.0194 e. The van der Waals surface area contributed by atoms with Crippen LogP contribution in [-0.2, 0) is 6.42 Å². The number of rotatable bonds is 3. The van der Waals surface area contributed by atoms with E-state index in [-0.39, 0.29) is 16.2 Å². The van der Waals surface area contributed by atoms with Crippen LogP contribution >= 0.6 is 0 Å². The molecular weight excluding hydrogens is 444 g/mol. The normalized spacial score (nSPS) is 31.4. The van der Waals surface area contributed by atoms with Gasteiger partial charge in [0, 0.05) is 5.41 Å². The van der Waals surface area contributed by atoms with Crippen molar-refractivity contribution < 1.29 is 0 Å². The van der Waals surface area contributed by atoms with E-state index < -0.39 is 0 Å². The van der Waals surface area contributed by atoms with E-state index in [0.717, 1.165) is 31.3 Å². The summed E-state index contributed by atoms with van der Waals surface area (Å²) in [7, 11) is 0. The van der Waals surface area contributed by atoms with Crippen molar-refractivity contribution in [1.82, 2.24) is 0 Å². The van der Waals surface area contributed by atoms with Crippen LogP contribution in [0.2, 0.25) is 0 Å². The molecule has 0 radical (unpaired) electrons. The Labute approximate surface area is 225 Å². The SMILES string of the molecule is C=C(C)C1=C(C)C[C@@]2(C)C[C@@]3(C)Cc4c(/C=C/C5=C(C)C=CC5)ccc(C)c4C(=C)C3=C(C)[C@@]2(C)C1=C. The lowest BCUT2D eigenvalue weighted by molar-refractivity contribution is 0.0544. The Bertz CT molecular complexity index is 1440. The molecule has 0 nitrogen and oxygen atoms in total. The van der Waals surface area contributed by atoms with Gasteiger partial charge in [-0.3, -0.25) is 0 Å². The van der Waals surface area contributed by atoms with E-state index in [0.29, 0.717) is 0 Å². The largest absolute Gasteiger partial charge is 0.0955 e. The van der Waals surface area contributed by atoms with Gasteiger partial charge < -0.3 is 0 Å². The van der Waals surface area contributed by atoms with Gasteiger partial charge in [0.2, 0.25) is 0 Å². The number of benzene rings is 1. The molecule has 5 rings (SSSR count). The fourth-order valence-corrected chi connectivity index (χ4v) is 8.74. The third kappa shape index (κ3) is 3.48. The minimum Gasteiger partial charge on any atom is -0.0955 e. The fourth-order valence-electron chi connectivity index (χ4n) is 8.74. The molecule has 0 saturated carbocycles. The van der Waals surface area contributed by atoms with Gasteiger partial charge in [-0.15, -0.1) is 0 Å². The molecule has 1 aromatic carbocycles. The van der Waals surface area contributed by atoms with E-state index in [1.165, 1.54) is 66.8 Å². The molecule has 192 valence electrons. The minimum absolute atomic E-state index is 0.0458. The molecule has 0 aromatic heterocycles. The maximum Gasteiger partial charge on any atom is 0.0194 e. The Morgan fingerprint density at radius 1 is 0.973 bits per heavy atom. The average Bonchev–Trinajstić information content (AvgIpc) is 3.20. The van der Waals surface area contributed by atoms with E-state index >= 15 is 0 Å². The number of hydrogen-bond acceptors (Lipinski definition) is 0. The first kappa shape index (κ1) is 25.8. The van der Waals surface area contributed by atoms with E-state index in [4.69, 9.17) is 13.2 Å². The Balaban J connectivity index is 1.69. The molecule has 1 aromatic rings. The van der Waals surface area contributed by atoms with E-state index in [2.05, 4.69) is 98.4 Å². The standard InChI is InChI=1S/C37H44/c1-22(2)32-25(5)19-36(10)21-35(9)20-31-30(18-17-29-14-12-13-23(29)3)16-15-24(4)33(31)26(6)34(35)28(8)37(36,11)27(32)7/h12-13,15-18H,1,6-7,14,19-21H2,2-5,8-11H3/b18-17+/t35-,36+,37-/m1/s1. The Morgan fingerprint density at radius 3 is 2.30 bits per heavy atom. The van der Waals surface area contributed by atoms with Crippen LogP contribution < -0.4 is 0 Å². The molecule has 0 heteroatoms. The summed E-state index contributed by atoms with van der Waals surface area (Å²) in [5.41, 5.74) is 17.7. The van der Waals surface area contributed by atoms with Crippen LogP contribution in [-0.4, -0.2) is 0 Å². The van der Waals surface area contributed by atoms with Gasteiger partial charge in [0.1, 0.15) is 0 Å². The van der Waals surface area contributed by atoms with Crippen LogP contribution in [0.15, 0.2) is 94.7 Å². The summed E-state index contributed by atoms with van der Waals surface area (Å²) in [6, 6.07) is 4.61. The lowest BCUT2D eigenvalue weighted by Gasteiger charge is -2.62. The molecule has 0 bridgehead atoms. The summed E-state index contributed by atoms with van der Waals surface area (Å²) in [4.78, 5) is 0. The first-order valence-corrected chi connectivity index (χ1v) is 13.9. The number of hydrogen-bond donors (Lipinski definition) is 0. The van der Waals surface area contributed by atoms with Gasteiger partial charge in [-0.25, -0.2) is 0 Å². The maximum atomic E-state index is 4.81. The number of aryl methyl sites for hydroxylation is 1. The molecule has 0 N–H and O–H groups in total. The highest BCUT2D eigenvalue weighted by atomic mass is 14.6. The third-order valence-electron chi connectivity index (χ3n) is 10.5. The zero-order valence-corrected chi connectivity index (χ0v) is 24.4. The third-order valence-corrected chi connectivity index (χ3v) is 10.5. The molecule has 0 heterocycles. The molecule has 0 aliphatic heterocycles. The van der Waals surface area contributed by atoms with E-state index in [1.54, 1.807) is 0 Å². The summed E-state index contributed by atoms with van der Waals surface area (Å²) >= 11 is 0. The van der Waals surface area contributed by atoms with Gasteiger partial charge in [-0.2, -0.15) is 0 Å². The number of fused-ring (bicyclic) bond motifs is 3. The highest BCUT2D eigenvalue weighted by Gasteiger charge is 2.59. The monoisotopic (exact) mass is 488 g/mol. The highest BCUT2D eigenvalue weighted by molar-refractivity contribution is 5.88. The molecule has 37 heavy (non-hydrogen) atoms. The van der Waals surface area contributed by atoms with Gasteiger partial charge in [0.05, 0.1) is 0 Å². The van der Waals surface area contributed by atoms with Crippen LogP contribution in [0.25, 0.3) is 11.6 Å². The second kappa shape index (κ2) is 8.32. The quantitative estimate of drug-likeness (QED) is 0.397. The predicted molar refractivity (Wildman–Crippen MR) is 162 cm³/mol. The van der Waals surface area contributed by atoms with Crippen LogP contribution in [0.3, 0.4) is 0 Å². The lowest BCUT2D eigenvalue weighted by Crippen LogP contribution is -2.52. The predicted octanol–water partition coefficient (Wildman–Crippen LogP) is 10.4. The second-order valence-electron chi connectivity index (χ2n) is 13.1. The molecule has 4 aliphatic rings. The zero-order valence-electron chi connectivity index (χ0n) is 24.4. The topological polar surface area (TPSA) is 0 Å². The van der Waals surface area contributed by atoms with Crippen molar-refractivity contribution in [3.8, 4) is 0 Å². The van der Waals surface area contributed by atoms with Crippen molar-refractivity contribution in [2.24, 2.45) is 16.2 Å². The van der Waals surface area contributed by atoms with Crippen LogP contribution in [0, 0.1) is 23.2 Å². The molecule has 0 unspecified atom stereocenters. The van der Waals surface area contributed by atoms with Crippen LogP contribution in [0.5, 0.6) is 0 Å². The van der Waals surface area contributed by atoms with Gasteiger partial charge in [-0.1, -0.05) is 93.7 Å². The summed E-state index contributed by atoms with van der Waals surface area (Å²) in [5, 5.41) is 0. The van der Waals surface area contributed by atoms with Crippen LogP contribution in [0.1, 0.15) is 90.0 Å². The average molecular weight is 489 g/mol. The first-order chi connectivity index (χ1) is 17.2. The van der Waals surface area contributed by atoms with Crippen LogP contribution in [0.4, 0.5) is 0 Å². The summed E-state index contributed by atoms with van der Waals surface area (Å²) in [5.74, 6) is 0. The minimum atomic E-state index is -0.110. The molecule has 0 amide bonds. The Morgan fingerprint density at radius 2 is 1.68 bits per heavy atom. The Kier molecular flexibility index (Phi) is 5.80. The van der Waals surface area contributed by atoms with Gasteiger partial charge in [-0.05, 0) is 127 Å². The summed E-state index contributed by atoms with van der Waals surface area (Å²) < 4.78 is 0. The van der Waals surface area contributed by atoms with Crippen molar-refractivity contribution in [3.63, 3.8) is 0 Å². The molecular formula is C37H44. The molecule has 0 saturated heterocycles. The van der Waals surface area contributed by atoms with Gasteiger partial charge >= 0.3 is 0 Å². The highest BCUT2D eigenvalue weighted by Crippen LogP contribution is 2.70. The van der Waals surface area contributed by atoms with Crippen molar-refractivity contribution >= 4 is 11.6 Å². The Hall–Kier alpha value is -2.86. The number of allylic oxidation sites excluding steroid dienone is 12. The molecule has 3 atom stereocenters. The van der Waals surface area contributed by atoms with Crippen molar-refractivity contribution in [1.29, 1.82) is 0 Å². The summed E-state index contributed by atoms with van der Waals surface area (Å²) in [6.07, 6.45) is 13.5. The zero-order chi connectivity index (χ0) is 27.1. The second-order valence-corrected chi connectivity index (χ2v) is 13.1. The molecule has 4 aliphatic carbocycles. The van der Waals surface area contributed by atoms with E-state index in [1.807, 2.05) is 0 Å². The van der Waals surface area contributed by atoms with Gasteiger partial charge in [0.25, 0.3) is 0 Å². The molecule has 0 fully saturated rings. The first-order valence-electron chi connectivity index (χ1n) is 13.9. The van der Waals surface area contributed by atoms with Gasteiger partial charge in [0.15, 0.2) is 0 Å². The fraction of sp³-hybridized carbons (Fsp3) is 0.405. The molecule has 0 spiro atoms. The van der Waals surface area contributed by atoms with Crippen molar-refractivity contribution in [2.45, 2.75) is 81.1 Å².